The molecule has 0 radical (unpaired) electrons. The molecule has 0 bridgehead atoms. The Morgan fingerprint density at radius 1 is 1.47 bits per heavy atom. The molecule has 1 atom stereocenters. The van der Waals surface area contributed by atoms with Crippen LogP contribution in [-0.2, 0) is 11.3 Å². The van der Waals surface area contributed by atoms with Crippen molar-refractivity contribution >= 4 is 30.7 Å². The highest BCUT2D eigenvalue weighted by Crippen LogP contribution is 2.10. The van der Waals surface area contributed by atoms with E-state index in [0.717, 1.165) is 19.5 Å². The molecular weight excluding hydrogens is 287 g/mol. The van der Waals surface area contributed by atoms with Crippen LogP contribution in [0.3, 0.4) is 0 Å². The van der Waals surface area contributed by atoms with Crippen LogP contribution in [0.5, 0.6) is 0 Å². The van der Waals surface area contributed by atoms with Gasteiger partial charge in [0.1, 0.15) is 0 Å². The number of carbonyl (C=O) groups excluding carboxylic acids is 1. The summed E-state index contributed by atoms with van der Waals surface area (Å²) in [5.41, 5.74) is 0. The zero-order valence-corrected chi connectivity index (χ0v) is 12.5. The van der Waals surface area contributed by atoms with Gasteiger partial charge < -0.3 is 15.2 Å². The first-order chi connectivity index (χ1) is 8.34. The van der Waals surface area contributed by atoms with Gasteiger partial charge in [-0.05, 0) is 25.8 Å². The zero-order chi connectivity index (χ0) is 11.9. The van der Waals surface area contributed by atoms with Crippen LogP contribution in [0, 0.1) is 0 Å². The largest absolute Gasteiger partial charge is 0.354 e. The van der Waals surface area contributed by atoms with E-state index in [2.05, 4.69) is 15.6 Å². The van der Waals surface area contributed by atoms with Crippen molar-refractivity contribution in [1.29, 1.82) is 0 Å². The fourth-order valence-electron chi connectivity index (χ4n) is 2.14. The zero-order valence-electron chi connectivity index (χ0n) is 10.9. The number of carbonyl (C=O) groups is 1. The fraction of sp³-hybridized carbons (Fsp3) is 0.667. The maximum absolute atomic E-state index is 11.6. The van der Waals surface area contributed by atoms with E-state index in [1.807, 2.05) is 10.8 Å². The lowest BCUT2D eigenvalue weighted by Gasteiger charge is -2.10. The van der Waals surface area contributed by atoms with Crippen LogP contribution in [0.1, 0.15) is 25.7 Å². The monoisotopic (exact) mass is 308 g/mol. The minimum absolute atomic E-state index is 0. The van der Waals surface area contributed by atoms with Crippen LogP contribution in [0.25, 0.3) is 0 Å². The summed E-state index contributed by atoms with van der Waals surface area (Å²) >= 11 is 0. The third-order valence-electron chi connectivity index (χ3n) is 3.13. The van der Waals surface area contributed by atoms with Crippen LogP contribution < -0.4 is 10.6 Å². The lowest BCUT2D eigenvalue weighted by molar-refractivity contribution is -0.121. The summed E-state index contributed by atoms with van der Waals surface area (Å²) in [6.45, 7) is 2.56. The van der Waals surface area contributed by atoms with Gasteiger partial charge in [0.15, 0.2) is 0 Å². The Morgan fingerprint density at radius 3 is 2.95 bits per heavy atom. The second-order valence-electron chi connectivity index (χ2n) is 4.48. The Hall–Kier alpha value is -0.780. The molecule has 2 N–H and O–H groups in total. The van der Waals surface area contributed by atoms with Gasteiger partial charge in [0.2, 0.25) is 5.91 Å². The smallest absolute Gasteiger partial charge is 0.220 e. The quantitative estimate of drug-likeness (QED) is 0.834. The normalized spacial score (nSPS) is 17.4. The first-order valence-electron chi connectivity index (χ1n) is 6.30. The van der Waals surface area contributed by atoms with Crippen LogP contribution >= 0.6 is 24.8 Å². The van der Waals surface area contributed by atoms with Crippen molar-refractivity contribution < 1.29 is 4.79 Å². The molecule has 1 fully saturated rings. The van der Waals surface area contributed by atoms with Crippen molar-refractivity contribution in [2.75, 3.05) is 13.1 Å². The van der Waals surface area contributed by atoms with E-state index in [-0.39, 0.29) is 30.7 Å². The van der Waals surface area contributed by atoms with E-state index >= 15 is 0 Å². The molecule has 5 nitrogen and oxygen atoms in total. The Balaban J connectivity index is 0.00000162. The summed E-state index contributed by atoms with van der Waals surface area (Å²) < 4.78 is 1.96. The highest BCUT2D eigenvalue weighted by atomic mass is 35.5. The number of hydrogen-bond acceptors (Lipinski definition) is 3. The highest BCUT2D eigenvalue weighted by molar-refractivity contribution is 5.85. The molecule has 0 aliphatic carbocycles. The topological polar surface area (TPSA) is 59.0 Å². The summed E-state index contributed by atoms with van der Waals surface area (Å²) in [4.78, 5) is 15.5. The molecule has 1 amide bonds. The summed E-state index contributed by atoms with van der Waals surface area (Å²) in [5.74, 6) is 0.152. The summed E-state index contributed by atoms with van der Waals surface area (Å²) in [6, 6.07) is 0.550. The van der Waals surface area contributed by atoms with Crippen molar-refractivity contribution in [1.82, 2.24) is 20.2 Å². The molecule has 1 aromatic heterocycles. The summed E-state index contributed by atoms with van der Waals surface area (Å²) in [5, 5.41) is 6.33. The van der Waals surface area contributed by atoms with Crippen LogP contribution in [0.15, 0.2) is 18.7 Å². The molecule has 19 heavy (non-hydrogen) atoms. The van der Waals surface area contributed by atoms with Crippen molar-refractivity contribution in [3.8, 4) is 0 Å². The van der Waals surface area contributed by atoms with Crippen molar-refractivity contribution in [3.63, 3.8) is 0 Å². The molecule has 1 aliphatic heterocycles. The van der Waals surface area contributed by atoms with Crippen molar-refractivity contribution in [3.05, 3.63) is 18.7 Å². The molecule has 1 aliphatic rings. The average molecular weight is 309 g/mol. The number of hydrogen-bond donors (Lipinski definition) is 2. The predicted octanol–water partition coefficient (Wildman–Crippen LogP) is 1.38. The van der Waals surface area contributed by atoms with E-state index in [9.17, 15) is 4.79 Å². The second kappa shape index (κ2) is 10.1. The molecule has 2 heterocycles. The van der Waals surface area contributed by atoms with Gasteiger partial charge in [0.05, 0.1) is 6.33 Å². The van der Waals surface area contributed by atoms with Gasteiger partial charge in [-0.3, -0.25) is 4.79 Å². The van der Waals surface area contributed by atoms with Gasteiger partial charge in [-0.1, -0.05) is 0 Å². The number of aromatic nitrogens is 2. The van der Waals surface area contributed by atoms with Crippen LogP contribution in [0.2, 0.25) is 0 Å². The lowest BCUT2D eigenvalue weighted by atomic mass is 10.1. The minimum atomic E-state index is 0. The Labute approximate surface area is 126 Å². The summed E-state index contributed by atoms with van der Waals surface area (Å²) in [6.07, 6.45) is 9.44. The number of amides is 1. The van der Waals surface area contributed by atoms with Gasteiger partial charge in [-0.2, -0.15) is 0 Å². The van der Waals surface area contributed by atoms with Gasteiger partial charge in [-0.15, -0.1) is 24.8 Å². The Bertz CT molecular complexity index is 340. The van der Waals surface area contributed by atoms with Crippen LogP contribution in [-0.4, -0.2) is 34.6 Å². The first kappa shape index (κ1) is 18.2. The maximum atomic E-state index is 11.6. The number of nitrogens with one attached hydrogen (secondary N) is 2. The number of nitrogens with zero attached hydrogens (tertiary/aromatic N) is 2. The minimum Gasteiger partial charge on any atom is -0.354 e. The standard InChI is InChI=1S/C12H20N4O.2ClH/c17-12(4-3-11-2-1-5-14-11)15-7-9-16-8-6-13-10-16;;/h6,8,10-11,14H,1-5,7,9H2,(H,15,17);2*1H. The first-order valence-corrected chi connectivity index (χ1v) is 6.30. The number of imidazole rings is 1. The molecule has 1 saturated heterocycles. The molecule has 7 heteroatoms. The third-order valence-corrected chi connectivity index (χ3v) is 3.13. The molecule has 1 aromatic rings. The Morgan fingerprint density at radius 2 is 2.32 bits per heavy atom. The highest BCUT2D eigenvalue weighted by Gasteiger charge is 2.14. The molecule has 0 spiro atoms. The van der Waals surface area contributed by atoms with Crippen LogP contribution in [0.4, 0.5) is 0 Å². The average Bonchev–Trinajstić information content (AvgIpc) is 2.99. The maximum Gasteiger partial charge on any atom is 0.220 e. The van der Waals surface area contributed by atoms with Gasteiger partial charge in [0.25, 0.3) is 0 Å². The van der Waals surface area contributed by atoms with Gasteiger partial charge >= 0.3 is 0 Å². The van der Waals surface area contributed by atoms with E-state index < -0.39 is 0 Å². The van der Waals surface area contributed by atoms with Crippen molar-refractivity contribution in [2.45, 2.75) is 38.3 Å². The third kappa shape index (κ3) is 6.80. The molecule has 0 aromatic carbocycles. The molecule has 2 rings (SSSR count). The van der Waals surface area contributed by atoms with E-state index in [0.29, 0.717) is 19.0 Å². The SMILES string of the molecule is Cl.Cl.O=C(CCC1CCCN1)NCCn1ccnc1. The fourth-order valence-corrected chi connectivity index (χ4v) is 2.14. The lowest BCUT2D eigenvalue weighted by Crippen LogP contribution is -2.29. The predicted molar refractivity (Wildman–Crippen MR) is 80.0 cm³/mol. The van der Waals surface area contributed by atoms with E-state index in [4.69, 9.17) is 0 Å². The summed E-state index contributed by atoms with van der Waals surface area (Å²) in [7, 11) is 0. The number of halogens is 2. The molecule has 110 valence electrons. The number of rotatable bonds is 6. The molecule has 1 unspecified atom stereocenters. The molecule has 0 saturated carbocycles. The van der Waals surface area contributed by atoms with E-state index in [1.165, 1.54) is 12.8 Å². The Kier molecular flexibility index (Phi) is 9.65. The molecular formula is C12H22Cl2N4O. The second-order valence-corrected chi connectivity index (χ2v) is 4.48. The van der Waals surface area contributed by atoms with E-state index in [1.54, 1.807) is 12.5 Å². The van der Waals surface area contributed by atoms with Gasteiger partial charge in [-0.25, -0.2) is 4.98 Å². The van der Waals surface area contributed by atoms with Gasteiger partial charge in [0, 0.05) is 37.9 Å². The van der Waals surface area contributed by atoms with Crippen molar-refractivity contribution in [2.24, 2.45) is 0 Å².